The Labute approximate surface area is 255 Å². The molecule has 0 radical (unpaired) electrons. The van der Waals surface area contributed by atoms with E-state index in [0.717, 1.165) is 26.3 Å². The molecule has 220 valence electrons. The molecular weight excluding hydrogens is 630 g/mol. The molecule has 0 saturated heterocycles. The summed E-state index contributed by atoms with van der Waals surface area (Å²) in [7, 11) is -2.75. The molecule has 2 amide bonds. The van der Waals surface area contributed by atoms with Gasteiger partial charge in [0.25, 0.3) is 10.0 Å². The number of halogens is 2. The molecule has 3 aromatic carbocycles. The molecule has 3 rings (SSSR count). The van der Waals surface area contributed by atoms with E-state index in [0.29, 0.717) is 5.75 Å². The Kier molecular flexibility index (Phi) is 11.2. The van der Waals surface area contributed by atoms with Gasteiger partial charge in [0.1, 0.15) is 18.3 Å². The van der Waals surface area contributed by atoms with Gasteiger partial charge in [-0.05, 0) is 75.2 Å². The number of rotatable bonds is 12. The molecule has 0 fully saturated rings. The van der Waals surface area contributed by atoms with E-state index in [9.17, 15) is 18.0 Å². The number of methoxy groups -OCH3 is 1. The Morgan fingerprint density at radius 3 is 2.22 bits per heavy atom. The third-order valence-corrected chi connectivity index (χ3v) is 9.36. The second-order valence-corrected chi connectivity index (χ2v) is 13.0. The van der Waals surface area contributed by atoms with Gasteiger partial charge in [-0.3, -0.25) is 13.9 Å². The lowest BCUT2D eigenvalue weighted by Gasteiger charge is -2.32. The largest absolute Gasteiger partial charge is 0.495 e. The zero-order chi connectivity index (χ0) is 30.3. The molecule has 8 nitrogen and oxygen atoms in total. The topological polar surface area (TPSA) is 96.0 Å². The first-order valence-electron chi connectivity index (χ1n) is 13.1. The summed E-state index contributed by atoms with van der Waals surface area (Å²) >= 11 is 9.78. The molecule has 0 aromatic heterocycles. The van der Waals surface area contributed by atoms with Crippen LogP contribution in [0.15, 0.2) is 76.1 Å². The van der Waals surface area contributed by atoms with Gasteiger partial charge in [-0.25, -0.2) is 8.42 Å². The number of carbonyl (C=O) groups is 2. The van der Waals surface area contributed by atoms with Crippen molar-refractivity contribution in [3.05, 3.63) is 87.4 Å². The summed E-state index contributed by atoms with van der Waals surface area (Å²) in [4.78, 5) is 28.6. The number of amides is 2. The van der Waals surface area contributed by atoms with E-state index in [1.165, 1.54) is 36.3 Å². The maximum absolute atomic E-state index is 14.0. The van der Waals surface area contributed by atoms with Crippen LogP contribution in [0.3, 0.4) is 0 Å². The van der Waals surface area contributed by atoms with Gasteiger partial charge < -0.3 is 15.0 Å². The van der Waals surface area contributed by atoms with Crippen LogP contribution in [-0.2, 0) is 26.2 Å². The second kappa shape index (κ2) is 14.2. The van der Waals surface area contributed by atoms with Crippen molar-refractivity contribution in [2.75, 3.05) is 18.0 Å². The molecule has 3 aromatic rings. The summed E-state index contributed by atoms with van der Waals surface area (Å²) in [5.74, 6) is -0.519. The average Bonchev–Trinajstić information content (AvgIpc) is 2.95. The van der Waals surface area contributed by atoms with Crippen LogP contribution in [0.5, 0.6) is 5.75 Å². The highest BCUT2D eigenvalue weighted by Crippen LogP contribution is 2.32. The van der Waals surface area contributed by atoms with E-state index >= 15 is 0 Å². The Hall–Kier alpha value is -3.08. The second-order valence-electron chi connectivity index (χ2n) is 9.79. The molecule has 1 N–H and O–H groups in total. The van der Waals surface area contributed by atoms with E-state index in [2.05, 4.69) is 21.2 Å². The van der Waals surface area contributed by atoms with Crippen LogP contribution in [0.2, 0.25) is 5.02 Å². The molecular formula is C30H35BrClN3O5S. The summed E-state index contributed by atoms with van der Waals surface area (Å²) in [5, 5.41) is 3.11. The monoisotopic (exact) mass is 663 g/mol. The first-order valence-corrected chi connectivity index (χ1v) is 15.8. The van der Waals surface area contributed by atoms with E-state index in [4.69, 9.17) is 16.3 Å². The van der Waals surface area contributed by atoms with Crippen molar-refractivity contribution in [1.82, 2.24) is 10.2 Å². The molecule has 0 aliphatic heterocycles. The number of aryl methyl sites for hydroxylation is 1. The Bertz CT molecular complexity index is 1470. The minimum atomic E-state index is -4.20. The van der Waals surface area contributed by atoms with Crippen molar-refractivity contribution in [2.45, 2.75) is 57.6 Å². The smallest absolute Gasteiger partial charge is 0.264 e. The third-order valence-electron chi connectivity index (χ3n) is 6.75. The van der Waals surface area contributed by atoms with Crippen molar-refractivity contribution in [1.29, 1.82) is 0 Å². The maximum Gasteiger partial charge on any atom is 0.264 e. The van der Waals surface area contributed by atoms with Crippen LogP contribution < -0.4 is 14.4 Å². The fourth-order valence-electron chi connectivity index (χ4n) is 4.01. The van der Waals surface area contributed by atoms with E-state index in [-0.39, 0.29) is 34.1 Å². The number of ether oxygens (including phenoxy) is 1. The van der Waals surface area contributed by atoms with Gasteiger partial charge in [0, 0.05) is 17.1 Å². The van der Waals surface area contributed by atoms with Crippen LogP contribution in [0, 0.1) is 6.92 Å². The third kappa shape index (κ3) is 8.24. The molecule has 11 heteroatoms. The van der Waals surface area contributed by atoms with E-state index in [1.807, 2.05) is 45.0 Å². The van der Waals surface area contributed by atoms with Gasteiger partial charge >= 0.3 is 0 Å². The Morgan fingerprint density at radius 1 is 1.02 bits per heavy atom. The Morgan fingerprint density at radius 2 is 1.66 bits per heavy atom. The number of nitrogens with one attached hydrogen (secondary N) is 1. The highest BCUT2D eigenvalue weighted by atomic mass is 79.9. The number of hydrogen-bond acceptors (Lipinski definition) is 5. The summed E-state index contributed by atoms with van der Waals surface area (Å²) in [6.45, 7) is 6.87. The first-order chi connectivity index (χ1) is 19.4. The van der Waals surface area contributed by atoms with Gasteiger partial charge in [-0.2, -0.15) is 0 Å². The number of nitrogens with zero attached hydrogens (tertiary/aromatic N) is 2. The number of anilines is 1. The van der Waals surface area contributed by atoms with Crippen molar-refractivity contribution < 1.29 is 22.7 Å². The average molecular weight is 665 g/mol. The predicted molar refractivity (Wildman–Crippen MR) is 166 cm³/mol. The van der Waals surface area contributed by atoms with Crippen molar-refractivity contribution in [3.63, 3.8) is 0 Å². The quantitative estimate of drug-likeness (QED) is 0.258. The molecule has 0 spiro atoms. The minimum Gasteiger partial charge on any atom is -0.495 e. The number of benzene rings is 3. The summed E-state index contributed by atoms with van der Waals surface area (Å²) in [6.07, 6.45) is 0.722. The molecule has 0 saturated carbocycles. The number of carbonyl (C=O) groups excluding carboxylic acids is 2. The van der Waals surface area contributed by atoms with E-state index < -0.39 is 28.5 Å². The fraction of sp³-hybridized carbons (Fsp3) is 0.333. The highest BCUT2D eigenvalue weighted by molar-refractivity contribution is 9.10. The van der Waals surface area contributed by atoms with Gasteiger partial charge in [-0.1, -0.05) is 64.3 Å². The SMILES string of the molecule is CC[C@H](C)NC(=O)[C@@H](C)N(Cc1ccc(Br)cc1)C(=O)CN(c1ccc(OC)c(Cl)c1)S(=O)(=O)c1ccc(C)cc1. The molecule has 0 heterocycles. The number of sulfonamides is 1. The van der Waals surface area contributed by atoms with Crippen LogP contribution in [0.4, 0.5) is 5.69 Å². The lowest BCUT2D eigenvalue weighted by atomic mass is 10.1. The standard InChI is InChI=1S/C30H35BrClN3O5S/c1-6-21(3)33-30(37)22(4)34(18-23-9-11-24(31)12-10-23)29(36)19-35(25-13-16-28(40-5)27(32)17-25)41(38,39)26-14-7-20(2)8-15-26/h7-17,21-22H,6,18-19H2,1-5H3,(H,33,37)/t21-,22+/m0/s1. The highest BCUT2D eigenvalue weighted by Gasteiger charge is 2.33. The van der Waals surface area contributed by atoms with E-state index in [1.54, 1.807) is 25.1 Å². The number of hydrogen-bond donors (Lipinski definition) is 1. The zero-order valence-electron chi connectivity index (χ0n) is 23.7. The van der Waals surface area contributed by atoms with Gasteiger partial charge in [0.2, 0.25) is 11.8 Å². The first kappa shape index (κ1) is 32.4. The lowest BCUT2D eigenvalue weighted by Crippen LogP contribution is -2.52. The van der Waals surface area contributed by atoms with Crippen LogP contribution in [0.25, 0.3) is 0 Å². The fourth-order valence-corrected chi connectivity index (χ4v) is 5.93. The predicted octanol–water partition coefficient (Wildman–Crippen LogP) is 5.95. The van der Waals surface area contributed by atoms with Crippen LogP contribution in [-0.4, -0.2) is 50.9 Å². The zero-order valence-corrected chi connectivity index (χ0v) is 26.9. The maximum atomic E-state index is 14.0. The van der Waals surface area contributed by atoms with Crippen molar-refractivity contribution in [3.8, 4) is 5.75 Å². The minimum absolute atomic E-state index is 0.0184. The molecule has 0 aliphatic carbocycles. The molecule has 2 atom stereocenters. The molecule has 0 bridgehead atoms. The summed E-state index contributed by atoms with van der Waals surface area (Å²) in [6, 6.07) is 17.3. The van der Waals surface area contributed by atoms with Crippen LogP contribution in [0.1, 0.15) is 38.3 Å². The molecule has 41 heavy (non-hydrogen) atoms. The lowest BCUT2D eigenvalue weighted by molar-refractivity contribution is -0.139. The van der Waals surface area contributed by atoms with Gasteiger partial charge in [-0.15, -0.1) is 0 Å². The van der Waals surface area contributed by atoms with Crippen molar-refractivity contribution >= 4 is 55.1 Å². The van der Waals surface area contributed by atoms with Gasteiger partial charge in [0.15, 0.2) is 0 Å². The molecule has 0 aliphatic rings. The normalized spacial score (nSPS) is 12.8. The summed E-state index contributed by atoms with van der Waals surface area (Å²) in [5.41, 5.74) is 1.86. The Balaban J connectivity index is 2.06. The molecule has 0 unspecified atom stereocenters. The van der Waals surface area contributed by atoms with Crippen LogP contribution >= 0.6 is 27.5 Å². The van der Waals surface area contributed by atoms with Crippen molar-refractivity contribution in [2.24, 2.45) is 0 Å². The summed E-state index contributed by atoms with van der Waals surface area (Å²) < 4.78 is 35.0. The van der Waals surface area contributed by atoms with Gasteiger partial charge in [0.05, 0.1) is 22.7 Å².